The highest BCUT2D eigenvalue weighted by molar-refractivity contribution is 5.49. The Hall–Kier alpha value is -0.970. The Morgan fingerprint density at radius 1 is 0.298 bits per heavy atom. The second kappa shape index (κ2) is 61.9. The van der Waals surface area contributed by atoms with E-state index in [-0.39, 0.29) is 0 Å². The molecular formula is C77H164N16O. The summed E-state index contributed by atoms with van der Waals surface area (Å²) in [6, 6.07) is 0. The van der Waals surface area contributed by atoms with Crippen molar-refractivity contribution in [2.24, 2.45) is 5.92 Å². The maximum Gasteiger partial charge on any atom is 0.121 e. The number of nitrogens with one attached hydrogen (secondary N) is 3. The second-order valence-electron chi connectivity index (χ2n) is 30.2. The Labute approximate surface area is 585 Å². The van der Waals surface area contributed by atoms with Crippen LogP contribution in [0.3, 0.4) is 0 Å². The topological polar surface area (TPSA) is 94.1 Å². The van der Waals surface area contributed by atoms with Crippen LogP contribution in [-0.4, -0.2) is 369 Å². The van der Waals surface area contributed by atoms with Gasteiger partial charge in [0.15, 0.2) is 0 Å². The summed E-state index contributed by atoms with van der Waals surface area (Å²) in [7, 11) is 17.7. The highest BCUT2D eigenvalue weighted by atomic mass is 16.1. The molecular weight excluding hydrogens is 1160 g/mol. The van der Waals surface area contributed by atoms with E-state index in [4.69, 9.17) is 0 Å². The third-order valence-corrected chi connectivity index (χ3v) is 20.3. The van der Waals surface area contributed by atoms with E-state index in [9.17, 15) is 4.79 Å². The number of unbranched alkanes of at least 4 members (excludes halogenated alkanes) is 11. The fraction of sp³-hybridized carbons (Fsp3) is 0.987. The Morgan fingerprint density at radius 2 is 0.532 bits per heavy atom. The van der Waals surface area contributed by atoms with Crippen LogP contribution >= 0.6 is 0 Å². The fourth-order valence-electron chi connectivity index (χ4n) is 12.8. The van der Waals surface area contributed by atoms with Gasteiger partial charge in [0.2, 0.25) is 0 Å². The monoisotopic (exact) mass is 1330 g/mol. The molecule has 0 amide bonds. The van der Waals surface area contributed by atoms with Gasteiger partial charge in [-0.25, -0.2) is 0 Å². The minimum absolute atomic E-state index is 0.708. The maximum absolute atomic E-state index is 9.71. The van der Waals surface area contributed by atoms with Crippen molar-refractivity contribution in [1.82, 2.24) is 79.6 Å². The molecule has 3 N–H and O–H groups in total. The Kier molecular flexibility index (Phi) is 57.4. The van der Waals surface area contributed by atoms with Crippen molar-refractivity contribution in [3.8, 4) is 0 Å². The van der Waals surface area contributed by atoms with Crippen molar-refractivity contribution in [2.75, 3.05) is 299 Å². The molecule has 5 heterocycles. The summed E-state index contributed by atoms with van der Waals surface area (Å²) in [6.07, 6.45) is 39.8. The number of carbonyl (C=O) groups excluding carboxylic acids is 1. The third-order valence-electron chi connectivity index (χ3n) is 20.3. The van der Waals surface area contributed by atoms with Gasteiger partial charge in [0.25, 0.3) is 0 Å². The van der Waals surface area contributed by atoms with Crippen molar-refractivity contribution < 1.29 is 4.79 Å². The molecule has 0 aromatic carbocycles. The fourth-order valence-corrected chi connectivity index (χ4v) is 12.8. The van der Waals surface area contributed by atoms with Gasteiger partial charge in [-0.3, -0.25) is 0 Å². The second-order valence-corrected chi connectivity index (χ2v) is 30.2. The van der Waals surface area contributed by atoms with Gasteiger partial charge >= 0.3 is 0 Å². The summed E-state index contributed by atoms with van der Waals surface area (Å²) >= 11 is 0. The smallest absolute Gasteiger partial charge is 0.121 e. The lowest BCUT2D eigenvalue weighted by molar-refractivity contribution is -0.107. The predicted octanol–water partition coefficient (Wildman–Crippen LogP) is 8.91. The summed E-state index contributed by atoms with van der Waals surface area (Å²) in [4.78, 5) is 43.1. The largest absolute Gasteiger partial charge is 0.320 e. The van der Waals surface area contributed by atoms with E-state index in [2.05, 4.69) is 129 Å². The lowest BCUT2D eigenvalue weighted by Crippen LogP contribution is -2.30. The molecule has 0 spiro atoms. The summed E-state index contributed by atoms with van der Waals surface area (Å²) in [5.41, 5.74) is 0. The minimum atomic E-state index is 0.708. The molecule has 6 rings (SSSR count). The molecule has 6 fully saturated rings. The SMILES string of the molecule is CCCCCCN(CCCCNC)CCCCNC.CN(CCCCN(CCCCN(C)CCCN1CC1)CCCCN(C)CCCN1CC1)CCCN1CC1.CNCCCCN(CCCCN(C)CCCC1CC1)CCCCN(C)CCCN1CC1.O=CCCN1CC1. The molecule has 5 saturated heterocycles. The van der Waals surface area contributed by atoms with Crippen LogP contribution in [0.2, 0.25) is 0 Å². The number of carbonyl (C=O) groups is 1. The molecule has 1 aliphatic carbocycles. The van der Waals surface area contributed by atoms with Crippen LogP contribution in [0.5, 0.6) is 0 Å². The van der Waals surface area contributed by atoms with Crippen molar-refractivity contribution in [2.45, 2.75) is 193 Å². The van der Waals surface area contributed by atoms with E-state index in [0.717, 1.165) is 38.4 Å². The van der Waals surface area contributed by atoms with Crippen molar-refractivity contribution in [1.29, 1.82) is 0 Å². The summed E-state index contributed by atoms with van der Waals surface area (Å²) in [6.45, 7) is 49.3. The first-order chi connectivity index (χ1) is 46.0. The normalized spacial score (nSPS) is 16.5. The van der Waals surface area contributed by atoms with Gasteiger partial charge in [0.1, 0.15) is 6.29 Å². The summed E-state index contributed by atoms with van der Waals surface area (Å²) < 4.78 is 0. The first kappa shape index (κ1) is 87.2. The van der Waals surface area contributed by atoms with Crippen LogP contribution in [0.4, 0.5) is 0 Å². The van der Waals surface area contributed by atoms with Crippen molar-refractivity contribution in [3.05, 3.63) is 0 Å². The predicted molar refractivity (Wildman–Crippen MR) is 410 cm³/mol. The highest BCUT2D eigenvalue weighted by Gasteiger charge is 2.22. The summed E-state index contributed by atoms with van der Waals surface area (Å²) in [5.74, 6) is 1.09. The first-order valence-electron chi connectivity index (χ1n) is 40.6. The molecule has 6 aliphatic rings. The average molecular weight is 1330 g/mol. The van der Waals surface area contributed by atoms with E-state index < -0.39 is 0 Å². The zero-order chi connectivity index (χ0) is 67.6. The Morgan fingerprint density at radius 3 is 0.777 bits per heavy atom. The van der Waals surface area contributed by atoms with E-state index in [1.54, 1.807) is 0 Å². The standard InChI is InChI=1S/C30H63N7.C26H55N5.C16H37N3.C5H9NO/c1-31(16-10-22-35-25-26-35)13-4-7-19-34(20-8-5-14-32(2)17-11-23-36-27-28-36)21-9-6-15-33(3)18-12-24-37-29-30-37;1-27-15-4-5-20-30(21-8-6-16-28(2)18-10-12-26-13-14-26)22-9-7-17-29(3)19-11-23-31-24-25-31;1-4-5-6-9-14-19(15-10-7-12-17-2)16-11-8-13-18-3;7-5-1-2-6-3-4-6/h4-30H2,1-3H3;26-27H,4-25H2,1-3H3;17-18H,4-16H2,1-3H3;5H,1-4H2. The van der Waals surface area contributed by atoms with Crippen molar-refractivity contribution >= 4 is 6.29 Å². The lowest BCUT2D eigenvalue weighted by atomic mass is 10.2. The van der Waals surface area contributed by atoms with Gasteiger partial charge in [0.05, 0.1) is 0 Å². The molecule has 0 radical (unpaired) electrons. The quantitative estimate of drug-likeness (QED) is 0.0307. The Balaban J connectivity index is 0.000000363. The van der Waals surface area contributed by atoms with Crippen LogP contribution in [0.15, 0.2) is 0 Å². The number of aldehydes is 1. The van der Waals surface area contributed by atoms with Crippen LogP contribution in [-0.2, 0) is 4.79 Å². The third kappa shape index (κ3) is 60.9. The van der Waals surface area contributed by atoms with E-state index in [1.165, 1.54) is 396 Å². The van der Waals surface area contributed by atoms with Crippen LogP contribution in [0.1, 0.15) is 193 Å². The van der Waals surface area contributed by atoms with Gasteiger partial charge in [-0.05, 0) is 380 Å². The van der Waals surface area contributed by atoms with Crippen LogP contribution in [0, 0.1) is 5.92 Å². The zero-order valence-electron chi connectivity index (χ0n) is 64.5. The number of hydrogen-bond donors (Lipinski definition) is 3. The molecule has 558 valence electrons. The molecule has 17 nitrogen and oxygen atoms in total. The van der Waals surface area contributed by atoms with E-state index >= 15 is 0 Å². The number of nitrogens with zero attached hydrogens (tertiary/aromatic N) is 13. The van der Waals surface area contributed by atoms with Gasteiger partial charge < -0.3 is 84.4 Å². The Bertz CT molecular complexity index is 1460. The maximum atomic E-state index is 9.71. The molecule has 94 heavy (non-hydrogen) atoms. The number of hydrogen-bond acceptors (Lipinski definition) is 17. The molecule has 0 aromatic heterocycles. The average Bonchev–Trinajstić information content (AvgIpc) is 3.72. The van der Waals surface area contributed by atoms with Crippen molar-refractivity contribution in [3.63, 3.8) is 0 Å². The molecule has 5 aliphatic heterocycles. The van der Waals surface area contributed by atoms with Gasteiger partial charge in [-0.2, -0.15) is 0 Å². The molecule has 0 atom stereocenters. The molecule has 0 aromatic rings. The summed E-state index contributed by atoms with van der Waals surface area (Å²) in [5, 5.41) is 9.76. The van der Waals surface area contributed by atoms with Gasteiger partial charge in [-0.1, -0.05) is 39.0 Å². The molecule has 0 unspecified atom stereocenters. The minimum Gasteiger partial charge on any atom is -0.320 e. The molecule has 17 heteroatoms. The first-order valence-corrected chi connectivity index (χ1v) is 40.6. The van der Waals surface area contributed by atoms with E-state index in [1.807, 2.05) is 14.1 Å². The van der Waals surface area contributed by atoms with Gasteiger partial charge in [-0.15, -0.1) is 0 Å². The molecule has 0 bridgehead atoms. The highest BCUT2D eigenvalue weighted by Crippen LogP contribution is 2.33. The van der Waals surface area contributed by atoms with Crippen LogP contribution in [0.25, 0.3) is 0 Å². The zero-order valence-corrected chi connectivity index (χ0v) is 64.5. The van der Waals surface area contributed by atoms with Crippen LogP contribution < -0.4 is 16.0 Å². The van der Waals surface area contributed by atoms with E-state index in [0.29, 0.717) is 6.42 Å². The molecule has 1 saturated carbocycles. The number of rotatable bonds is 68. The lowest BCUT2D eigenvalue weighted by Gasteiger charge is -2.24. The van der Waals surface area contributed by atoms with Gasteiger partial charge in [0, 0.05) is 78.4 Å².